The minimum atomic E-state index is -1.21. The molecule has 0 aromatic rings. The predicted octanol–water partition coefficient (Wildman–Crippen LogP) is 2.47. The zero-order valence-electron chi connectivity index (χ0n) is 8.80. The van der Waals surface area contributed by atoms with Gasteiger partial charge in [0.05, 0.1) is 6.10 Å². The zero-order chi connectivity index (χ0) is 11.5. The number of carbonyl (C=O) groups excluding carboxylic acids is 1. The van der Waals surface area contributed by atoms with Gasteiger partial charge in [-0.2, -0.15) is 0 Å². The van der Waals surface area contributed by atoms with Crippen LogP contribution in [0.3, 0.4) is 0 Å². The fourth-order valence-corrected chi connectivity index (χ4v) is 1.65. The van der Waals surface area contributed by atoms with Crippen LogP contribution in [0.5, 0.6) is 0 Å². The van der Waals surface area contributed by atoms with Gasteiger partial charge in [-0.1, -0.05) is 6.08 Å². The van der Waals surface area contributed by atoms with Crippen LogP contribution in [0, 0.1) is 5.92 Å². The van der Waals surface area contributed by atoms with Gasteiger partial charge in [0.2, 0.25) is 0 Å². The summed E-state index contributed by atoms with van der Waals surface area (Å²) < 4.78 is 11.8. The number of hydrogen-bond acceptors (Lipinski definition) is 2. The highest BCUT2D eigenvalue weighted by Crippen LogP contribution is 2.54. The average molecular weight is 280 g/mol. The van der Waals surface area contributed by atoms with Crippen molar-refractivity contribution in [2.45, 2.75) is 37.4 Å². The zero-order valence-corrected chi connectivity index (χ0v) is 10.4. The molecule has 0 saturated heterocycles. The number of nitrogens with one attached hydrogen (secondary N) is 1. The molecule has 1 aliphatic rings. The SMILES string of the molecule is CC(C)ONC(=O)/C=C/CC1CC1(F)Br. The third-order valence-corrected chi connectivity index (χ3v) is 3.01. The Balaban J connectivity index is 2.13. The minimum Gasteiger partial charge on any atom is -0.271 e. The molecule has 1 amide bonds. The molecule has 0 aromatic carbocycles. The highest BCUT2D eigenvalue weighted by Gasteiger charge is 2.52. The Morgan fingerprint density at radius 3 is 2.87 bits per heavy atom. The van der Waals surface area contributed by atoms with E-state index in [0.717, 1.165) is 0 Å². The second-order valence-electron chi connectivity index (χ2n) is 3.93. The molecule has 0 bridgehead atoms. The highest BCUT2D eigenvalue weighted by molar-refractivity contribution is 9.10. The Labute approximate surface area is 97.1 Å². The van der Waals surface area contributed by atoms with Crippen molar-refractivity contribution in [3.05, 3.63) is 12.2 Å². The van der Waals surface area contributed by atoms with Gasteiger partial charge in [-0.3, -0.25) is 9.63 Å². The van der Waals surface area contributed by atoms with Crippen LogP contribution in [-0.4, -0.2) is 16.6 Å². The Morgan fingerprint density at radius 2 is 2.40 bits per heavy atom. The van der Waals surface area contributed by atoms with E-state index >= 15 is 0 Å². The molecule has 1 saturated carbocycles. The van der Waals surface area contributed by atoms with E-state index in [9.17, 15) is 9.18 Å². The molecule has 1 rings (SSSR count). The topological polar surface area (TPSA) is 38.3 Å². The minimum absolute atomic E-state index is 0.00688. The molecule has 86 valence electrons. The Hall–Kier alpha value is -0.420. The molecule has 0 aliphatic heterocycles. The molecule has 2 unspecified atom stereocenters. The van der Waals surface area contributed by atoms with Crippen LogP contribution >= 0.6 is 15.9 Å². The molecule has 5 heteroatoms. The van der Waals surface area contributed by atoms with Crippen LogP contribution in [0.15, 0.2) is 12.2 Å². The van der Waals surface area contributed by atoms with Crippen LogP contribution in [0.25, 0.3) is 0 Å². The van der Waals surface area contributed by atoms with Gasteiger partial charge in [0.1, 0.15) is 0 Å². The van der Waals surface area contributed by atoms with E-state index in [1.807, 2.05) is 13.8 Å². The van der Waals surface area contributed by atoms with Crippen molar-refractivity contribution < 1.29 is 14.0 Å². The monoisotopic (exact) mass is 279 g/mol. The lowest BCUT2D eigenvalue weighted by molar-refractivity contribution is -0.131. The summed E-state index contributed by atoms with van der Waals surface area (Å²) in [4.78, 5) is 16.0. The first-order valence-electron chi connectivity index (χ1n) is 4.92. The van der Waals surface area contributed by atoms with Crippen molar-refractivity contribution in [2.24, 2.45) is 5.92 Å². The van der Waals surface area contributed by atoms with Crippen LogP contribution < -0.4 is 5.48 Å². The largest absolute Gasteiger partial charge is 0.271 e. The van der Waals surface area contributed by atoms with E-state index in [1.54, 1.807) is 6.08 Å². The normalized spacial score (nSPS) is 29.8. The van der Waals surface area contributed by atoms with Gasteiger partial charge in [-0.25, -0.2) is 9.87 Å². The predicted molar refractivity (Wildman–Crippen MR) is 59.0 cm³/mol. The molecule has 3 nitrogen and oxygen atoms in total. The summed E-state index contributed by atoms with van der Waals surface area (Å²) in [5.74, 6) is -0.323. The van der Waals surface area contributed by atoms with Gasteiger partial charge in [-0.05, 0) is 42.6 Å². The van der Waals surface area contributed by atoms with Crippen LogP contribution in [0.4, 0.5) is 4.39 Å². The number of amides is 1. The Morgan fingerprint density at radius 1 is 1.80 bits per heavy atom. The van der Waals surface area contributed by atoms with Crippen LogP contribution in [0.2, 0.25) is 0 Å². The molecule has 0 heterocycles. The summed E-state index contributed by atoms with van der Waals surface area (Å²) in [5, 5.41) is 0. The van der Waals surface area contributed by atoms with Crippen LogP contribution in [0.1, 0.15) is 26.7 Å². The number of halogens is 2. The molecule has 1 aliphatic carbocycles. The first kappa shape index (κ1) is 12.6. The molecule has 0 aromatic heterocycles. The van der Waals surface area contributed by atoms with Crippen molar-refractivity contribution >= 4 is 21.8 Å². The third kappa shape index (κ3) is 4.75. The number of allylic oxidation sites excluding steroid dienone is 1. The van der Waals surface area contributed by atoms with Gasteiger partial charge in [0, 0.05) is 12.0 Å². The molecule has 15 heavy (non-hydrogen) atoms. The maximum Gasteiger partial charge on any atom is 0.267 e. The third-order valence-electron chi connectivity index (χ3n) is 2.04. The lowest BCUT2D eigenvalue weighted by atomic mass is 10.3. The summed E-state index contributed by atoms with van der Waals surface area (Å²) >= 11 is 2.94. The molecule has 1 N–H and O–H groups in total. The Bertz CT molecular complexity index is 266. The molecule has 2 atom stereocenters. The summed E-state index contributed by atoms with van der Waals surface area (Å²) in [6.07, 6.45) is 4.06. The first-order valence-corrected chi connectivity index (χ1v) is 5.71. The molecular weight excluding hydrogens is 265 g/mol. The second-order valence-corrected chi connectivity index (χ2v) is 5.25. The maximum atomic E-state index is 13.0. The van der Waals surface area contributed by atoms with Crippen molar-refractivity contribution in [3.63, 3.8) is 0 Å². The smallest absolute Gasteiger partial charge is 0.267 e. The molecular formula is C10H15BrFNO2. The van der Waals surface area contributed by atoms with Gasteiger partial charge < -0.3 is 0 Å². The fraction of sp³-hybridized carbons (Fsp3) is 0.700. The van der Waals surface area contributed by atoms with Crippen molar-refractivity contribution in [1.82, 2.24) is 5.48 Å². The van der Waals surface area contributed by atoms with Crippen molar-refractivity contribution in [3.8, 4) is 0 Å². The number of alkyl halides is 2. The fourth-order valence-electron chi connectivity index (χ4n) is 1.07. The van der Waals surface area contributed by atoms with E-state index in [1.165, 1.54) is 6.08 Å². The van der Waals surface area contributed by atoms with Crippen LogP contribution in [-0.2, 0) is 9.63 Å². The second kappa shape index (κ2) is 5.07. The number of hydroxylamine groups is 1. The Kier molecular flexibility index (Phi) is 4.28. The number of rotatable bonds is 5. The highest BCUT2D eigenvalue weighted by atomic mass is 79.9. The summed E-state index contributed by atoms with van der Waals surface area (Å²) in [5.41, 5.74) is 2.27. The molecule has 0 radical (unpaired) electrons. The number of hydrogen-bond donors (Lipinski definition) is 1. The van der Waals surface area contributed by atoms with Gasteiger partial charge in [0.15, 0.2) is 4.58 Å². The average Bonchev–Trinajstić information content (AvgIpc) is 2.71. The summed E-state index contributed by atoms with van der Waals surface area (Å²) in [7, 11) is 0. The van der Waals surface area contributed by atoms with E-state index in [4.69, 9.17) is 4.84 Å². The molecule has 1 fully saturated rings. The quantitative estimate of drug-likeness (QED) is 0.477. The van der Waals surface area contributed by atoms with E-state index < -0.39 is 4.58 Å². The van der Waals surface area contributed by atoms with E-state index in [0.29, 0.717) is 12.8 Å². The van der Waals surface area contributed by atoms with Crippen molar-refractivity contribution in [2.75, 3.05) is 0 Å². The van der Waals surface area contributed by atoms with Gasteiger partial charge in [0.25, 0.3) is 5.91 Å². The number of carbonyl (C=O) groups is 1. The lowest BCUT2D eigenvalue weighted by Crippen LogP contribution is -2.25. The lowest BCUT2D eigenvalue weighted by Gasteiger charge is -2.05. The summed E-state index contributed by atoms with van der Waals surface area (Å²) in [6.45, 7) is 3.63. The standard InChI is InChI=1S/C10H15BrFNO2/c1-7(2)15-13-9(14)5-3-4-8-6-10(8,11)12/h3,5,7-8H,4,6H2,1-2H3,(H,13,14)/b5-3+. The summed E-state index contributed by atoms with van der Waals surface area (Å²) in [6, 6.07) is 0. The first-order chi connectivity index (χ1) is 6.92. The van der Waals surface area contributed by atoms with Gasteiger partial charge in [-0.15, -0.1) is 0 Å². The maximum absolute atomic E-state index is 13.0. The molecule has 0 spiro atoms. The van der Waals surface area contributed by atoms with E-state index in [2.05, 4.69) is 21.4 Å². The van der Waals surface area contributed by atoms with E-state index in [-0.39, 0.29) is 17.9 Å². The van der Waals surface area contributed by atoms with Gasteiger partial charge >= 0.3 is 0 Å². The van der Waals surface area contributed by atoms with Crippen molar-refractivity contribution in [1.29, 1.82) is 0 Å².